The summed E-state index contributed by atoms with van der Waals surface area (Å²) in [6.07, 6.45) is 1.69. The molecule has 4 aromatic carbocycles. The summed E-state index contributed by atoms with van der Waals surface area (Å²) in [5.41, 5.74) is 3.41. The number of hydrogen-bond acceptors (Lipinski definition) is 2. The first-order valence-corrected chi connectivity index (χ1v) is 11.0. The fourth-order valence-corrected chi connectivity index (χ4v) is 4.37. The van der Waals surface area contributed by atoms with Crippen molar-refractivity contribution in [1.29, 1.82) is 0 Å². The largest absolute Gasteiger partial charge is 0.352 e. The molecule has 2 heteroatoms. The van der Waals surface area contributed by atoms with E-state index in [9.17, 15) is 0 Å². The van der Waals surface area contributed by atoms with E-state index in [4.69, 9.17) is 9.72 Å². The number of aromatic nitrogens is 1. The third-order valence-electron chi connectivity index (χ3n) is 5.96. The highest BCUT2D eigenvalue weighted by molar-refractivity contribution is 5.81. The van der Waals surface area contributed by atoms with Crippen LogP contribution in [-0.2, 0) is 10.3 Å². The van der Waals surface area contributed by atoms with Gasteiger partial charge in [0.15, 0.2) is 0 Å². The highest BCUT2D eigenvalue weighted by Gasteiger charge is 2.39. The van der Waals surface area contributed by atoms with Gasteiger partial charge in [0.05, 0.1) is 11.8 Å². The molecule has 0 aliphatic rings. The first-order valence-electron chi connectivity index (χ1n) is 11.0. The lowest BCUT2D eigenvalue weighted by Gasteiger charge is -2.38. The molecule has 1 aromatic heterocycles. The molecule has 0 unspecified atom stereocenters. The molecule has 5 aromatic rings. The molecule has 0 saturated heterocycles. The van der Waals surface area contributed by atoms with Crippen molar-refractivity contribution in [3.63, 3.8) is 0 Å². The molecule has 0 amide bonds. The minimum absolute atomic E-state index is 0.236. The Hall–Kier alpha value is -3.75. The first-order chi connectivity index (χ1) is 15.8. The van der Waals surface area contributed by atoms with Crippen LogP contribution < -0.4 is 0 Å². The van der Waals surface area contributed by atoms with Crippen LogP contribution in [0.15, 0.2) is 128 Å². The quantitative estimate of drug-likeness (QED) is 0.271. The normalized spacial score (nSPS) is 12.5. The Kier molecular flexibility index (Phi) is 5.53. The van der Waals surface area contributed by atoms with Crippen LogP contribution in [0.1, 0.15) is 35.4 Å². The summed E-state index contributed by atoms with van der Waals surface area (Å²) < 4.78 is 7.07. The summed E-state index contributed by atoms with van der Waals surface area (Å²) in [6, 6.07) is 41.8. The number of hydrogen-bond donors (Lipinski definition) is 0. The van der Waals surface area contributed by atoms with Gasteiger partial charge in [-0.05, 0) is 35.1 Å². The van der Waals surface area contributed by atoms with E-state index in [0.717, 1.165) is 33.2 Å². The molecule has 1 heterocycles. The molecule has 0 bridgehead atoms. The van der Waals surface area contributed by atoms with E-state index in [1.165, 1.54) is 0 Å². The van der Waals surface area contributed by atoms with Crippen LogP contribution in [0.2, 0.25) is 0 Å². The Bertz CT molecular complexity index is 1200. The maximum absolute atomic E-state index is 7.07. The van der Waals surface area contributed by atoms with Crippen molar-refractivity contribution >= 4 is 10.8 Å². The molecule has 0 aliphatic carbocycles. The number of pyridine rings is 1. The number of nitrogens with zero attached hydrogens (tertiary/aromatic N) is 1. The Morgan fingerprint density at radius 2 is 1.03 bits per heavy atom. The number of ether oxygens (including phenoxy) is 1. The topological polar surface area (TPSA) is 22.1 Å². The van der Waals surface area contributed by atoms with Crippen molar-refractivity contribution in [2.75, 3.05) is 0 Å². The van der Waals surface area contributed by atoms with Gasteiger partial charge in [0.1, 0.15) is 5.60 Å². The van der Waals surface area contributed by atoms with Crippen molar-refractivity contribution in [3.8, 4) is 0 Å². The van der Waals surface area contributed by atoms with E-state index in [0.29, 0.717) is 0 Å². The van der Waals surface area contributed by atoms with Gasteiger partial charge >= 0.3 is 0 Å². The standard InChI is InChI=1S/C30H25NO/c1-23(29-21-24-13-11-12-14-25(24)22-31-29)32-30(26-15-5-2-6-16-26,27-17-7-3-8-18-27)28-19-9-4-10-20-28/h2-23H,1H3/t23-/m1/s1. The highest BCUT2D eigenvalue weighted by atomic mass is 16.5. The molecule has 1 atom stereocenters. The Morgan fingerprint density at radius 3 is 1.53 bits per heavy atom. The second kappa shape index (κ2) is 8.78. The molecule has 0 aliphatic heterocycles. The monoisotopic (exact) mass is 415 g/mol. The van der Waals surface area contributed by atoms with Gasteiger partial charge in [0.2, 0.25) is 0 Å². The second-order valence-corrected chi connectivity index (χ2v) is 8.00. The van der Waals surface area contributed by atoms with Gasteiger partial charge in [-0.3, -0.25) is 4.98 Å². The molecule has 0 spiro atoms. The summed E-state index contributed by atoms with van der Waals surface area (Å²) in [7, 11) is 0. The molecule has 0 fully saturated rings. The summed E-state index contributed by atoms with van der Waals surface area (Å²) >= 11 is 0. The van der Waals surface area contributed by atoms with Crippen molar-refractivity contribution in [3.05, 3.63) is 150 Å². The summed E-state index contributed by atoms with van der Waals surface area (Å²) in [4.78, 5) is 4.75. The van der Waals surface area contributed by atoms with Crippen LogP contribution in [0.4, 0.5) is 0 Å². The van der Waals surface area contributed by atoms with Crippen LogP contribution in [0, 0.1) is 0 Å². The average Bonchev–Trinajstić information content (AvgIpc) is 2.88. The predicted octanol–water partition coefficient (Wildman–Crippen LogP) is 7.30. The summed E-state index contributed by atoms with van der Waals surface area (Å²) in [6.45, 7) is 2.08. The molecule has 0 N–H and O–H groups in total. The van der Waals surface area contributed by atoms with E-state index in [1.807, 2.05) is 30.5 Å². The lowest BCUT2D eigenvalue weighted by atomic mass is 9.80. The third kappa shape index (κ3) is 3.70. The van der Waals surface area contributed by atoms with Gasteiger partial charge in [-0.15, -0.1) is 0 Å². The second-order valence-electron chi connectivity index (χ2n) is 8.00. The predicted molar refractivity (Wildman–Crippen MR) is 130 cm³/mol. The van der Waals surface area contributed by atoms with Crippen LogP contribution in [0.25, 0.3) is 10.8 Å². The molecule has 5 rings (SSSR count). The fourth-order valence-electron chi connectivity index (χ4n) is 4.37. The molecule has 0 radical (unpaired) electrons. The van der Waals surface area contributed by atoms with Gasteiger partial charge < -0.3 is 4.74 Å². The minimum Gasteiger partial charge on any atom is -0.352 e. The molecule has 0 saturated carbocycles. The maximum atomic E-state index is 7.07. The van der Waals surface area contributed by atoms with E-state index >= 15 is 0 Å². The number of fused-ring (bicyclic) bond motifs is 1. The van der Waals surface area contributed by atoms with Crippen molar-refractivity contribution < 1.29 is 4.74 Å². The molecule has 2 nitrogen and oxygen atoms in total. The maximum Gasteiger partial charge on any atom is 0.144 e. The van der Waals surface area contributed by atoms with Crippen LogP contribution in [0.5, 0.6) is 0 Å². The molecular weight excluding hydrogens is 390 g/mol. The average molecular weight is 416 g/mol. The smallest absolute Gasteiger partial charge is 0.144 e. The zero-order chi connectivity index (χ0) is 21.8. The molecule has 32 heavy (non-hydrogen) atoms. The lowest BCUT2D eigenvalue weighted by molar-refractivity contribution is -0.0420. The van der Waals surface area contributed by atoms with Gasteiger partial charge in [-0.1, -0.05) is 115 Å². The van der Waals surface area contributed by atoms with E-state index in [1.54, 1.807) is 0 Å². The van der Waals surface area contributed by atoms with Crippen molar-refractivity contribution in [2.24, 2.45) is 0 Å². The third-order valence-corrected chi connectivity index (χ3v) is 5.96. The van der Waals surface area contributed by atoms with Crippen molar-refractivity contribution in [2.45, 2.75) is 18.6 Å². The Balaban J connectivity index is 1.68. The van der Waals surface area contributed by atoms with Gasteiger partial charge in [0, 0.05) is 11.6 Å². The fraction of sp³-hybridized carbons (Fsp3) is 0.100. The summed E-state index contributed by atoms with van der Waals surface area (Å²) in [5.74, 6) is 0. The summed E-state index contributed by atoms with van der Waals surface area (Å²) in [5, 5.41) is 2.29. The zero-order valence-electron chi connectivity index (χ0n) is 18.1. The van der Waals surface area contributed by atoms with Gasteiger partial charge in [0.25, 0.3) is 0 Å². The van der Waals surface area contributed by atoms with Gasteiger partial charge in [-0.2, -0.15) is 0 Å². The van der Waals surface area contributed by atoms with E-state index in [-0.39, 0.29) is 6.10 Å². The Morgan fingerprint density at radius 1 is 0.594 bits per heavy atom. The van der Waals surface area contributed by atoms with Crippen LogP contribution >= 0.6 is 0 Å². The van der Waals surface area contributed by atoms with E-state index < -0.39 is 5.60 Å². The number of rotatable bonds is 6. The zero-order valence-corrected chi connectivity index (χ0v) is 18.1. The molecule has 156 valence electrons. The number of benzene rings is 4. The molecular formula is C30H25NO. The van der Waals surface area contributed by atoms with Gasteiger partial charge in [-0.25, -0.2) is 0 Å². The SMILES string of the molecule is C[C@@H](OC(c1ccccc1)(c1ccccc1)c1ccccc1)c1cc2ccccc2cn1. The van der Waals surface area contributed by atoms with Crippen molar-refractivity contribution in [1.82, 2.24) is 4.98 Å². The first kappa shape index (κ1) is 20.2. The Labute approximate surface area is 189 Å². The van der Waals surface area contributed by atoms with Crippen LogP contribution in [0.3, 0.4) is 0 Å². The minimum atomic E-state index is -0.767. The van der Waals surface area contributed by atoms with E-state index in [2.05, 4.69) is 104 Å². The highest BCUT2D eigenvalue weighted by Crippen LogP contribution is 2.43. The lowest BCUT2D eigenvalue weighted by Crippen LogP contribution is -2.34. The van der Waals surface area contributed by atoms with Crippen LogP contribution in [-0.4, -0.2) is 4.98 Å².